The number of nitriles is 1. The van der Waals surface area contributed by atoms with Crippen molar-refractivity contribution in [3.05, 3.63) is 40.2 Å². The van der Waals surface area contributed by atoms with Crippen molar-refractivity contribution >= 4 is 5.97 Å². The summed E-state index contributed by atoms with van der Waals surface area (Å²) in [5, 5.41) is 16.1. The highest BCUT2D eigenvalue weighted by atomic mass is 16.5. The summed E-state index contributed by atoms with van der Waals surface area (Å²) >= 11 is 0. The first-order valence-corrected chi connectivity index (χ1v) is 7.83. The molecule has 2 aromatic rings. The Morgan fingerprint density at radius 3 is 2.46 bits per heavy atom. The normalized spacial score (nSPS) is 10.5. The first-order chi connectivity index (χ1) is 11.4. The van der Waals surface area contributed by atoms with E-state index in [4.69, 9.17) is 9.47 Å². The Balaban J connectivity index is 2.47. The summed E-state index contributed by atoms with van der Waals surface area (Å²) in [5.41, 5.74) is 3.11. The lowest BCUT2D eigenvalue weighted by Crippen LogP contribution is -2.07. The van der Waals surface area contributed by atoms with E-state index in [1.165, 1.54) is 0 Å². The van der Waals surface area contributed by atoms with Gasteiger partial charge in [-0.3, -0.25) is 5.10 Å². The molecule has 0 saturated heterocycles. The fraction of sp³-hybridized carbons (Fsp3) is 0.389. The molecule has 1 heterocycles. The summed E-state index contributed by atoms with van der Waals surface area (Å²) in [4.78, 5) is 12.1. The maximum absolute atomic E-state index is 12.1. The number of hydrogen-bond acceptors (Lipinski definition) is 5. The second-order valence-electron chi connectivity index (χ2n) is 5.83. The molecular weight excluding hydrogens is 306 g/mol. The average molecular weight is 327 g/mol. The summed E-state index contributed by atoms with van der Waals surface area (Å²) in [6.07, 6.45) is 0. The van der Waals surface area contributed by atoms with Crippen LogP contribution >= 0.6 is 0 Å². The highest BCUT2D eigenvalue weighted by Gasteiger charge is 2.24. The van der Waals surface area contributed by atoms with Crippen molar-refractivity contribution in [2.45, 2.75) is 40.5 Å². The number of esters is 1. The van der Waals surface area contributed by atoms with E-state index < -0.39 is 5.97 Å². The van der Waals surface area contributed by atoms with Crippen molar-refractivity contribution in [1.82, 2.24) is 10.2 Å². The number of aromatic nitrogens is 2. The molecule has 1 aromatic carbocycles. The Kier molecular flexibility index (Phi) is 5.24. The third kappa shape index (κ3) is 3.40. The molecule has 0 aliphatic carbocycles. The number of nitrogens with zero attached hydrogens (tertiary/aromatic N) is 2. The topological polar surface area (TPSA) is 88.0 Å². The number of carbonyl (C=O) groups excluding carboxylic acids is 1. The minimum atomic E-state index is -0.506. The van der Waals surface area contributed by atoms with Gasteiger partial charge < -0.3 is 9.47 Å². The van der Waals surface area contributed by atoms with Crippen LogP contribution in [0.25, 0.3) is 0 Å². The fourth-order valence-electron chi connectivity index (χ4n) is 2.46. The number of carbonyl (C=O) groups is 1. The number of ether oxygens (including phenoxy) is 2. The molecule has 0 saturated carbocycles. The van der Waals surface area contributed by atoms with Crippen molar-refractivity contribution in [3.63, 3.8) is 0 Å². The molecule has 0 unspecified atom stereocenters. The van der Waals surface area contributed by atoms with Gasteiger partial charge in [-0.15, -0.1) is 0 Å². The molecule has 6 heteroatoms. The van der Waals surface area contributed by atoms with Crippen molar-refractivity contribution in [1.29, 1.82) is 5.26 Å². The molecular formula is C18H21N3O3. The zero-order chi connectivity index (χ0) is 17.9. The summed E-state index contributed by atoms with van der Waals surface area (Å²) in [6.45, 7) is 9.64. The van der Waals surface area contributed by atoms with Crippen LogP contribution in [-0.4, -0.2) is 22.8 Å². The van der Waals surface area contributed by atoms with Crippen LogP contribution < -0.4 is 4.74 Å². The number of aryl methyl sites for hydroxylation is 2. The average Bonchev–Trinajstić information content (AvgIpc) is 2.91. The van der Waals surface area contributed by atoms with Gasteiger partial charge in [-0.1, -0.05) is 13.8 Å². The zero-order valence-corrected chi connectivity index (χ0v) is 14.6. The molecule has 0 amide bonds. The minimum Gasteiger partial charge on any atom is -0.461 e. The summed E-state index contributed by atoms with van der Waals surface area (Å²) in [6, 6.07) is 5.73. The van der Waals surface area contributed by atoms with E-state index in [9.17, 15) is 10.1 Å². The van der Waals surface area contributed by atoms with Crippen LogP contribution in [0.15, 0.2) is 12.1 Å². The zero-order valence-electron chi connectivity index (χ0n) is 14.6. The predicted octanol–water partition coefficient (Wildman–Crippen LogP) is 3.99. The highest BCUT2D eigenvalue weighted by molar-refractivity contribution is 5.90. The van der Waals surface area contributed by atoms with E-state index in [1.807, 2.05) is 27.7 Å². The lowest BCUT2D eigenvalue weighted by molar-refractivity contribution is 0.0516. The second-order valence-corrected chi connectivity index (χ2v) is 5.83. The number of benzene rings is 1. The molecule has 2 rings (SSSR count). The lowest BCUT2D eigenvalue weighted by Gasteiger charge is -2.12. The fourth-order valence-corrected chi connectivity index (χ4v) is 2.46. The monoisotopic (exact) mass is 327 g/mol. The molecule has 6 nitrogen and oxygen atoms in total. The van der Waals surface area contributed by atoms with Gasteiger partial charge in [0.1, 0.15) is 11.4 Å². The van der Waals surface area contributed by atoms with Gasteiger partial charge in [0.25, 0.3) is 0 Å². The van der Waals surface area contributed by atoms with Gasteiger partial charge in [0.2, 0.25) is 0 Å². The second kappa shape index (κ2) is 7.18. The van der Waals surface area contributed by atoms with E-state index in [0.717, 1.165) is 11.1 Å². The van der Waals surface area contributed by atoms with E-state index in [1.54, 1.807) is 19.1 Å². The smallest absolute Gasteiger partial charge is 0.360 e. The van der Waals surface area contributed by atoms with Crippen molar-refractivity contribution in [2.24, 2.45) is 0 Å². The molecule has 0 atom stereocenters. The van der Waals surface area contributed by atoms with E-state index >= 15 is 0 Å². The quantitative estimate of drug-likeness (QED) is 0.839. The van der Waals surface area contributed by atoms with E-state index in [0.29, 0.717) is 22.8 Å². The van der Waals surface area contributed by atoms with Gasteiger partial charge in [-0.2, -0.15) is 10.4 Å². The Morgan fingerprint density at radius 1 is 1.33 bits per heavy atom. The number of H-pyrrole nitrogens is 1. The van der Waals surface area contributed by atoms with E-state index in [-0.39, 0.29) is 18.2 Å². The maximum atomic E-state index is 12.1. The Morgan fingerprint density at radius 2 is 1.96 bits per heavy atom. The minimum absolute atomic E-state index is 0.0694. The van der Waals surface area contributed by atoms with Crippen LogP contribution in [0.3, 0.4) is 0 Å². The highest BCUT2D eigenvalue weighted by Crippen LogP contribution is 2.34. The maximum Gasteiger partial charge on any atom is 0.360 e. The molecule has 0 aliphatic rings. The molecule has 1 N–H and O–H groups in total. The van der Waals surface area contributed by atoms with Crippen LogP contribution in [-0.2, 0) is 4.74 Å². The van der Waals surface area contributed by atoms with Gasteiger partial charge in [-0.25, -0.2) is 4.79 Å². The third-order valence-electron chi connectivity index (χ3n) is 3.61. The predicted molar refractivity (Wildman–Crippen MR) is 89.3 cm³/mol. The molecule has 0 radical (unpaired) electrons. The van der Waals surface area contributed by atoms with Crippen molar-refractivity contribution in [2.75, 3.05) is 6.61 Å². The molecule has 24 heavy (non-hydrogen) atoms. The molecule has 1 aromatic heterocycles. The Hall–Kier alpha value is -2.81. The summed E-state index contributed by atoms with van der Waals surface area (Å²) < 4.78 is 11.0. The molecule has 0 bridgehead atoms. The first-order valence-electron chi connectivity index (χ1n) is 7.83. The lowest BCUT2D eigenvalue weighted by atomic mass is 10.0. The largest absolute Gasteiger partial charge is 0.461 e. The van der Waals surface area contributed by atoms with E-state index in [2.05, 4.69) is 16.3 Å². The standard InChI is InChI=1S/C18H21N3O3/c1-6-23-18(22)16-17(15(10(2)3)20-21-16)24-13-7-11(4)14(9-19)12(5)8-13/h7-8,10H,6H2,1-5H3,(H,20,21). The Bertz CT molecular complexity index is 777. The van der Waals surface area contributed by atoms with Gasteiger partial charge in [0, 0.05) is 5.92 Å². The first kappa shape index (κ1) is 17.5. The van der Waals surface area contributed by atoms with Crippen LogP contribution in [0.5, 0.6) is 11.5 Å². The van der Waals surface area contributed by atoms with Crippen LogP contribution in [0, 0.1) is 25.2 Å². The summed E-state index contributed by atoms with van der Waals surface area (Å²) in [7, 11) is 0. The van der Waals surface area contributed by atoms with Crippen LogP contribution in [0.4, 0.5) is 0 Å². The SMILES string of the molecule is CCOC(=O)c1[nH]nc(C(C)C)c1Oc1cc(C)c(C#N)c(C)c1. The number of rotatable bonds is 5. The van der Waals surface area contributed by atoms with Gasteiger partial charge in [-0.05, 0) is 44.0 Å². The molecule has 0 fully saturated rings. The summed E-state index contributed by atoms with van der Waals surface area (Å²) in [5.74, 6) is 0.485. The van der Waals surface area contributed by atoms with Crippen LogP contribution in [0.1, 0.15) is 59.6 Å². The molecule has 126 valence electrons. The number of hydrogen-bond donors (Lipinski definition) is 1. The van der Waals surface area contributed by atoms with Crippen LogP contribution in [0.2, 0.25) is 0 Å². The number of aromatic amines is 1. The van der Waals surface area contributed by atoms with Gasteiger partial charge in [0.05, 0.1) is 18.2 Å². The number of nitrogens with one attached hydrogen (secondary N) is 1. The third-order valence-corrected chi connectivity index (χ3v) is 3.61. The van der Waals surface area contributed by atoms with Crippen molar-refractivity contribution in [3.8, 4) is 17.6 Å². The van der Waals surface area contributed by atoms with Gasteiger partial charge >= 0.3 is 5.97 Å². The molecule has 0 spiro atoms. The molecule has 0 aliphatic heterocycles. The Labute approximate surface area is 141 Å². The van der Waals surface area contributed by atoms with Crippen molar-refractivity contribution < 1.29 is 14.3 Å². The van der Waals surface area contributed by atoms with Gasteiger partial charge in [0.15, 0.2) is 11.4 Å².